The van der Waals surface area contributed by atoms with Gasteiger partial charge in [0.2, 0.25) is 0 Å². The van der Waals surface area contributed by atoms with Gasteiger partial charge in [-0.1, -0.05) is 0 Å². The Kier molecular flexibility index (Phi) is 3.57. The Morgan fingerprint density at radius 3 is 2.83 bits per heavy atom. The molecule has 1 aromatic heterocycles. The topological polar surface area (TPSA) is 68.0 Å². The van der Waals surface area contributed by atoms with Crippen molar-refractivity contribution in [2.75, 3.05) is 11.1 Å². The molecule has 1 amide bonds. The number of carbonyl (C=O) groups is 1. The van der Waals surface area contributed by atoms with E-state index in [0.29, 0.717) is 10.2 Å². The van der Waals surface area contributed by atoms with Crippen LogP contribution < -0.4 is 11.1 Å². The first-order chi connectivity index (χ1) is 8.58. The molecule has 2 rings (SSSR count). The van der Waals surface area contributed by atoms with Crippen molar-refractivity contribution in [2.45, 2.75) is 0 Å². The molecular formula is C12H9BrFN3O. The van der Waals surface area contributed by atoms with Crippen molar-refractivity contribution >= 4 is 33.2 Å². The number of aromatic nitrogens is 1. The smallest absolute Gasteiger partial charge is 0.276 e. The SMILES string of the molecule is Nc1cccnc1C(=O)Nc1ccc(Br)c(F)c1. The van der Waals surface area contributed by atoms with Gasteiger partial charge in [-0.25, -0.2) is 9.37 Å². The summed E-state index contributed by atoms with van der Waals surface area (Å²) in [5, 5.41) is 2.52. The molecule has 0 aliphatic carbocycles. The summed E-state index contributed by atoms with van der Waals surface area (Å²) in [6.07, 6.45) is 1.47. The van der Waals surface area contributed by atoms with Gasteiger partial charge in [-0.3, -0.25) is 4.79 Å². The summed E-state index contributed by atoms with van der Waals surface area (Å²) in [6, 6.07) is 7.49. The number of hydrogen-bond donors (Lipinski definition) is 2. The average molecular weight is 310 g/mol. The minimum Gasteiger partial charge on any atom is -0.397 e. The Hall–Kier alpha value is -1.95. The van der Waals surface area contributed by atoms with Crippen molar-refractivity contribution in [3.63, 3.8) is 0 Å². The van der Waals surface area contributed by atoms with Crippen molar-refractivity contribution in [1.82, 2.24) is 4.98 Å². The maximum atomic E-state index is 13.3. The fraction of sp³-hybridized carbons (Fsp3) is 0. The molecule has 2 aromatic rings. The minimum absolute atomic E-state index is 0.112. The number of nitrogens with two attached hydrogens (primary N) is 1. The number of halogens is 2. The zero-order chi connectivity index (χ0) is 13.1. The Balaban J connectivity index is 2.22. The maximum absolute atomic E-state index is 13.3. The van der Waals surface area contributed by atoms with E-state index in [9.17, 15) is 9.18 Å². The highest BCUT2D eigenvalue weighted by Gasteiger charge is 2.11. The molecule has 0 saturated heterocycles. The number of nitrogens with zero attached hydrogens (tertiary/aromatic N) is 1. The van der Waals surface area contributed by atoms with E-state index in [0.717, 1.165) is 0 Å². The van der Waals surface area contributed by atoms with E-state index >= 15 is 0 Å². The van der Waals surface area contributed by atoms with Crippen LogP contribution in [-0.2, 0) is 0 Å². The van der Waals surface area contributed by atoms with Gasteiger partial charge in [0.15, 0.2) is 5.69 Å². The van der Waals surface area contributed by atoms with E-state index in [2.05, 4.69) is 26.2 Å². The zero-order valence-corrected chi connectivity index (χ0v) is 10.7. The van der Waals surface area contributed by atoms with Crippen LogP contribution in [0.1, 0.15) is 10.5 Å². The third-order valence-electron chi connectivity index (χ3n) is 2.23. The van der Waals surface area contributed by atoms with Gasteiger partial charge in [0.1, 0.15) is 5.82 Å². The van der Waals surface area contributed by atoms with Crippen LogP contribution in [0.25, 0.3) is 0 Å². The normalized spacial score (nSPS) is 10.1. The number of rotatable bonds is 2. The van der Waals surface area contributed by atoms with Gasteiger partial charge in [0.05, 0.1) is 10.2 Å². The summed E-state index contributed by atoms with van der Waals surface area (Å²) in [4.78, 5) is 15.7. The summed E-state index contributed by atoms with van der Waals surface area (Å²) in [5.74, 6) is -0.934. The van der Waals surface area contributed by atoms with Crippen LogP contribution in [-0.4, -0.2) is 10.9 Å². The lowest BCUT2D eigenvalue weighted by atomic mass is 10.2. The highest BCUT2D eigenvalue weighted by atomic mass is 79.9. The van der Waals surface area contributed by atoms with Gasteiger partial charge in [-0.2, -0.15) is 0 Å². The first-order valence-electron chi connectivity index (χ1n) is 5.05. The molecule has 0 fully saturated rings. The molecule has 0 atom stereocenters. The Morgan fingerprint density at radius 2 is 2.17 bits per heavy atom. The van der Waals surface area contributed by atoms with Crippen molar-refractivity contribution in [2.24, 2.45) is 0 Å². The van der Waals surface area contributed by atoms with Crippen molar-refractivity contribution in [3.8, 4) is 0 Å². The second-order valence-electron chi connectivity index (χ2n) is 3.52. The number of amides is 1. The molecule has 0 spiro atoms. The van der Waals surface area contributed by atoms with Crippen molar-refractivity contribution in [1.29, 1.82) is 0 Å². The van der Waals surface area contributed by atoms with Crippen molar-refractivity contribution < 1.29 is 9.18 Å². The number of carbonyl (C=O) groups excluding carboxylic acids is 1. The standard InChI is InChI=1S/C12H9BrFN3O/c13-8-4-3-7(6-9(8)14)17-12(18)11-10(15)2-1-5-16-11/h1-6H,15H2,(H,17,18). The predicted molar refractivity (Wildman–Crippen MR) is 70.7 cm³/mol. The van der Waals surface area contributed by atoms with Crippen LogP contribution in [0.5, 0.6) is 0 Å². The van der Waals surface area contributed by atoms with E-state index in [1.54, 1.807) is 18.2 Å². The number of nitrogen functional groups attached to an aromatic ring is 1. The summed E-state index contributed by atoms with van der Waals surface area (Å²) >= 11 is 3.03. The summed E-state index contributed by atoms with van der Waals surface area (Å²) in [6.45, 7) is 0. The second-order valence-corrected chi connectivity index (χ2v) is 4.38. The van der Waals surface area contributed by atoms with E-state index in [4.69, 9.17) is 5.73 Å². The first kappa shape index (κ1) is 12.5. The van der Waals surface area contributed by atoms with Gasteiger partial charge in [-0.15, -0.1) is 0 Å². The van der Waals surface area contributed by atoms with Crippen LogP contribution in [0.4, 0.5) is 15.8 Å². The van der Waals surface area contributed by atoms with Crippen LogP contribution in [0, 0.1) is 5.82 Å². The first-order valence-corrected chi connectivity index (χ1v) is 5.84. The summed E-state index contributed by atoms with van der Waals surface area (Å²) in [7, 11) is 0. The lowest BCUT2D eigenvalue weighted by molar-refractivity contribution is 0.102. The molecule has 18 heavy (non-hydrogen) atoms. The van der Waals surface area contributed by atoms with Gasteiger partial charge in [0.25, 0.3) is 5.91 Å². The highest BCUT2D eigenvalue weighted by molar-refractivity contribution is 9.10. The van der Waals surface area contributed by atoms with E-state index in [1.807, 2.05) is 0 Å². The predicted octanol–water partition coefficient (Wildman–Crippen LogP) is 2.82. The fourth-order valence-corrected chi connectivity index (χ4v) is 1.62. The van der Waals surface area contributed by atoms with Crippen LogP contribution in [0.2, 0.25) is 0 Å². The molecule has 92 valence electrons. The largest absolute Gasteiger partial charge is 0.397 e. The number of anilines is 2. The number of benzene rings is 1. The maximum Gasteiger partial charge on any atom is 0.276 e. The van der Waals surface area contributed by atoms with E-state index in [1.165, 1.54) is 18.3 Å². The second kappa shape index (κ2) is 5.14. The lowest BCUT2D eigenvalue weighted by Gasteiger charge is -2.06. The zero-order valence-electron chi connectivity index (χ0n) is 9.15. The molecule has 4 nitrogen and oxygen atoms in total. The Labute approximate surface area is 111 Å². The molecule has 0 aliphatic rings. The number of nitrogens with one attached hydrogen (secondary N) is 1. The van der Waals surface area contributed by atoms with Crippen LogP contribution >= 0.6 is 15.9 Å². The van der Waals surface area contributed by atoms with Gasteiger partial charge >= 0.3 is 0 Å². The average Bonchev–Trinajstić information content (AvgIpc) is 2.34. The molecule has 1 heterocycles. The number of pyridine rings is 1. The fourth-order valence-electron chi connectivity index (χ4n) is 1.37. The number of hydrogen-bond acceptors (Lipinski definition) is 3. The molecule has 3 N–H and O–H groups in total. The molecule has 0 saturated carbocycles. The molecule has 0 unspecified atom stereocenters. The van der Waals surface area contributed by atoms with Gasteiger partial charge in [0, 0.05) is 11.9 Å². The molecule has 0 radical (unpaired) electrons. The quantitative estimate of drug-likeness (QED) is 0.896. The summed E-state index contributed by atoms with van der Waals surface area (Å²) < 4.78 is 13.6. The molecule has 0 aliphatic heterocycles. The summed E-state index contributed by atoms with van der Waals surface area (Å²) in [5.41, 5.74) is 6.35. The van der Waals surface area contributed by atoms with Crippen LogP contribution in [0.3, 0.4) is 0 Å². The van der Waals surface area contributed by atoms with E-state index in [-0.39, 0.29) is 11.4 Å². The Morgan fingerprint density at radius 1 is 1.39 bits per heavy atom. The monoisotopic (exact) mass is 309 g/mol. The van der Waals surface area contributed by atoms with E-state index < -0.39 is 11.7 Å². The third kappa shape index (κ3) is 2.65. The lowest BCUT2D eigenvalue weighted by Crippen LogP contribution is -2.15. The van der Waals surface area contributed by atoms with Crippen LogP contribution in [0.15, 0.2) is 41.0 Å². The molecule has 1 aromatic carbocycles. The minimum atomic E-state index is -0.477. The molecule has 0 bridgehead atoms. The Bertz CT molecular complexity index is 604. The van der Waals surface area contributed by atoms with Gasteiger partial charge < -0.3 is 11.1 Å². The highest BCUT2D eigenvalue weighted by Crippen LogP contribution is 2.20. The van der Waals surface area contributed by atoms with Gasteiger partial charge in [-0.05, 0) is 46.3 Å². The van der Waals surface area contributed by atoms with Crippen molar-refractivity contribution in [3.05, 3.63) is 52.5 Å². The third-order valence-corrected chi connectivity index (χ3v) is 2.87. The molecule has 6 heteroatoms. The molecular weight excluding hydrogens is 301 g/mol.